The molecule has 1 aliphatic rings. The second-order valence-corrected chi connectivity index (χ2v) is 9.19. The number of carbonyl (C=O) groups is 1. The van der Waals surface area contributed by atoms with Crippen LogP contribution < -0.4 is 4.74 Å². The van der Waals surface area contributed by atoms with Gasteiger partial charge in [-0.25, -0.2) is 0 Å². The lowest BCUT2D eigenvalue weighted by atomic mass is 10.1. The van der Waals surface area contributed by atoms with Gasteiger partial charge in [0.25, 0.3) is 11.8 Å². The highest BCUT2D eigenvalue weighted by atomic mass is 19.4. The second kappa shape index (κ2) is 11.2. The molecule has 0 unspecified atom stereocenters. The SMILES string of the molecule is O=C(c1ccc(-c2nc(-c3ccc(C(F)(F)F)cc3)no2)nc1)N1CCN(Cc2cccc(OC(F)(F)F)c2)CC1. The van der Waals surface area contributed by atoms with E-state index >= 15 is 0 Å². The summed E-state index contributed by atoms with van der Waals surface area (Å²) in [5.74, 6) is -0.387. The van der Waals surface area contributed by atoms with Gasteiger partial charge in [-0.1, -0.05) is 29.4 Å². The second-order valence-electron chi connectivity index (χ2n) is 9.19. The Kier molecular flexibility index (Phi) is 7.67. The van der Waals surface area contributed by atoms with Crippen molar-refractivity contribution < 1.29 is 40.4 Å². The molecule has 1 amide bonds. The summed E-state index contributed by atoms with van der Waals surface area (Å²) in [4.78, 5) is 25.1. The molecule has 0 aliphatic carbocycles. The lowest BCUT2D eigenvalue weighted by Gasteiger charge is -2.34. The number of amides is 1. The van der Waals surface area contributed by atoms with Crippen LogP contribution in [0.25, 0.3) is 23.0 Å². The topological polar surface area (TPSA) is 84.6 Å². The summed E-state index contributed by atoms with van der Waals surface area (Å²) in [7, 11) is 0. The first kappa shape index (κ1) is 28.1. The van der Waals surface area contributed by atoms with Crippen LogP contribution in [-0.2, 0) is 12.7 Å². The van der Waals surface area contributed by atoms with E-state index in [9.17, 15) is 31.1 Å². The molecular formula is C27H21F6N5O3. The van der Waals surface area contributed by atoms with Gasteiger partial charge in [-0.3, -0.25) is 14.7 Å². The summed E-state index contributed by atoms with van der Waals surface area (Å²) in [5, 5.41) is 3.80. The van der Waals surface area contributed by atoms with E-state index in [1.807, 2.05) is 4.90 Å². The first-order valence-electron chi connectivity index (χ1n) is 12.3. The number of rotatable bonds is 6. The number of alkyl halides is 6. The monoisotopic (exact) mass is 577 g/mol. The lowest BCUT2D eigenvalue weighted by Crippen LogP contribution is -2.48. The number of piperazine rings is 1. The van der Waals surface area contributed by atoms with Crippen LogP contribution >= 0.6 is 0 Å². The molecule has 1 fully saturated rings. The average molecular weight is 577 g/mol. The van der Waals surface area contributed by atoms with Gasteiger partial charge < -0.3 is 14.2 Å². The Morgan fingerprint density at radius 3 is 2.29 bits per heavy atom. The highest BCUT2D eigenvalue weighted by molar-refractivity contribution is 5.94. The highest BCUT2D eigenvalue weighted by Gasteiger charge is 2.32. The number of carbonyl (C=O) groups excluding carboxylic acids is 1. The molecule has 0 N–H and O–H groups in total. The van der Waals surface area contributed by atoms with Crippen LogP contribution in [-0.4, -0.2) is 63.4 Å². The molecule has 0 saturated carbocycles. The third kappa shape index (κ3) is 7.01. The number of pyridine rings is 1. The molecular weight excluding hydrogens is 556 g/mol. The minimum atomic E-state index is -4.76. The zero-order valence-electron chi connectivity index (χ0n) is 21.1. The van der Waals surface area contributed by atoms with Crippen molar-refractivity contribution in [2.24, 2.45) is 0 Å². The molecule has 214 valence electrons. The lowest BCUT2D eigenvalue weighted by molar-refractivity contribution is -0.274. The van der Waals surface area contributed by atoms with Gasteiger partial charge in [0.1, 0.15) is 11.4 Å². The maximum Gasteiger partial charge on any atom is 0.573 e. The molecule has 2 aromatic heterocycles. The van der Waals surface area contributed by atoms with Gasteiger partial charge in [-0.05, 0) is 42.0 Å². The average Bonchev–Trinajstić information content (AvgIpc) is 3.43. The first-order chi connectivity index (χ1) is 19.4. The Morgan fingerprint density at radius 2 is 1.66 bits per heavy atom. The summed E-state index contributed by atoms with van der Waals surface area (Å²) >= 11 is 0. The van der Waals surface area contributed by atoms with Crippen LogP contribution in [0.2, 0.25) is 0 Å². The molecule has 4 aromatic rings. The number of aromatic nitrogens is 3. The Balaban J connectivity index is 1.16. The normalized spacial score (nSPS) is 14.7. The predicted molar refractivity (Wildman–Crippen MR) is 132 cm³/mol. The molecule has 41 heavy (non-hydrogen) atoms. The van der Waals surface area contributed by atoms with E-state index in [0.717, 1.165) is 12.1 Å². The zero-order valence-corrected chi connectivity index (χ0v) is 21.1. The Labute approximate surface area is 229 Å². The number of nitrogens with zero attached hydrogens (tertiary/aromatic N) is 5. The standard InChI is InChI=1S/C27H21F6N5O3/c28-26(29,30)20-7-4-18(5-8-20)23-35-24(41-36-23)22-9-6-19(15-34-22)25(39)38-12-10-37(11-13-38)16-17-2-1-3-21(14-17)40-27(31,32)33/h1-9,14-15H,10-13,16H2. The summed E-state index contributed by atoms with van der Waals surface area (Å²) < 4.78 is 85.0. The minimum Gasteiger partial charge on any atom is -0.406 e. The summed E-state index contributed by atoms with van der Waals surface area (Å²) in [6.45, 7) is 2.29. The van der Waals surface area contributed by atoms with Crippen molar-refractivity contribution in [3.8, 4) is 28.7 Å². The van der Waals surface area contributed by atoms with Crippen molar-refractivity contribution in [3.63, 3.8) is 0 Å². The van der Waals surface area contributed by atoms with Crippen LogP contribution in [0.3, 0.4) is 0 Å². The number of halogens is 6. The minimum absolute atomic E-state index is 0.0391. The third-order valence-corrected chi connectivity index (χ3v) is 6.32. The van der Waals surface area contributed by atoms with Crippen molar-refractivity contribution in [1.82, 2.24) is 24.9 Å². The van der Waals surface area contributed by atoms with E-state index in [2.05, 4.69) is 19.9 Å². The van der Waals surface area contributed by atoms with E-state index in [-0.39, 0.29) is 29.1 Å². The summed E-state index contributed by atoms with van der Waals surface area (Å²) in [5.41, 5.74) is 0.823. The van der Waals surface area contributed by atoms with E-state index in [1.54, 1.807) is 17.0 Å². The van der Waals surface area contributed by atoms with Gasteiger partial charge >= 0.3 is 12.5 Å². The van der Waals surface area contributed by atoms with Gasteiger partial charge in [-0.15, -0.1) is 13.2 Å². The van der Waals surface area contributed by atoms with Crippen LogP contribution in [0, 0.1) is 0 Å². The van der Waals surface area contributed by atoms with E-state index < -0.39 is 18.1 Å². The molecule has 5 rings (SSSR count). The number of hydrogen-bond acceptors (Lipinski definition) is 7. The number of hydrogen-bond donors (Lipinski definition) is 0. The Bertz CT molecular complexity index is 1500. The highest BCUT2D eigenvalue weighted by Crippen LogP contribution is 2.31. The van der Waals surface area contributed by atoms with E-state index in [0.29, 0.717) is 49.4 Å². The molecule has 14 heteroatoms. The van der Waals surface area contributed by atoms with Crippen molar-refractivity contribution in [1.29, 1.82) is 0 Å². The third-order valence-electron chi connectivity index (χ3n) is 6.32. The fraction of sp³-hybridized carbons (Fsp3) is 0.259. The Morgan fingerprint density at radius 1 is 0.927 bits per heavy atom. The van der Waals surface area contributed by atoms with Crippen LogP contribution in [0.4, 0.5) is 26.3 Å². The Hall–Kier alpha value is -4.46. The van der Waals surface area contributed by atoms with Crippen molar-refractivity contribution in [2.45, 2.75) is 19.1 Å². The summed E-state index contributed by atoms with van der Waals surface area (Å²) in [6, 6.07) is 13.2. The maximum atomic E-state index is 13.0. The fourth-order valence-corrected chi connectivity index (χ4v) is 4.29. The molecule has 1 saturated heterocycles. The van der Waals surface area contributed by atoms with Crippen LogP contribution in [0.5, 0.6) is 5.75 Å². The summed E-state index contributed by atoms with van der Waals surface area (Å²) in [6.07, 6.45) is -7.85. The predicted octanol–water partition coefficient (Wildman–Crippen LogP) is 5.67. The van der Waals surface area contributed by atoms with Gasteiger partial charge in [0.05, 0.1) is 11.1 Å². The van der Waals surface area contributed by atoms with Gasteiger partial charge in [-0.2, -0.15) is 18.2 Å². The molecule has 1 aliphatic heterocycles. The molecule has 0 spiro atoms. The molecule has 2 aromatic carbocycles. The molecule has 0 radical (unpaired) electrons. The molecule has 0 bridgehead atoms. The molecule has 3 heterocycles. The maximum absolute atomic E-state index is 13.0. The van der Waals surface area contributed by atoms with Crippen LogP contribution in [0.15, 0.2) is 71.4 Å². The van der Waals surface area contributed by atoms with Crippen LogP contribution in [0.1, 0.15) is 21.5 Å². The number of benzene rings is 2. The first-order valence-corrected chi connectivity index (χ1v) is 12.3. The van der Waals surface area contributed by atoms with E-state index in [1.165, 1.54) is 42.6 Å². The van der Waals surface area contributed by atoms with Gasteiger partial charge in [0.2, 0.25) is 5.82 Å². The smallest absolute Gasteiger partial charge is 0.406 e. The van der Waals surface area contributed by atoms with Gasteiger partial charge in [0, 0.05) is 44.5 Å². The van der Waals surface area contributed by atoms with E-state index in [4.69, 9.17) is 4.52 Å². The fourth-order valence-electron chi connectivity index (χ4n) is 4.29. The van der Waals surface area contributed by atoms with Gasteiger partial charge in [0.15, 0.2) is 0 Å². The largest absolute Gasteiger partial charge is 0.573 e. The quantitative estimate of drug-likeness (QED) is 0.273. The van der Waals surface area contributed by atoms with Crippen molar-refractivity contribution in [2.75, 3.05) is 26.2 Å². The van der Waals surface area contributed by atoms with Crippen molar-refractivity contribution >= 4 is 5.91 Å². The molecule has 0 atom stereocenters. The zero-order chi connectivity index (χ0) is 29.2. The van der Waals surface area contributed by atoms with Crippen molar-refractivity contribution in [3.05, 3.63) is 83.6 Å². The molecule has 8 nitrogen and oxygen atoms in total. The number of ether oxygens (including phenoxy) is 1.